The van der Waals surface area contributed by atoms with Gasteiger partial charge in [0.15, 0.2) is 5.11 Å². The topological polar surface area (TPSA) is 58.9 Å². The maximum Gasteiger partial charge on any atom is 0.170 e. The minimum Gasteiger partial charge on any atom is -0.352 e. The van der Waals surface area contributed by atoms with E-state index in [1.807, 2.05) is 48.9 Å². The molecule has 7 heteroatoms. The van der Waals surface area contributed by atoms with Crippen molar-refractivity contribution in [3.63, 3.8) is 0 Å². The highest BCUT2D eigenvalue weighted by molar-refractivity contribution is 7.80. The summed E-state index contributed by atoms with van der Waals surface area (Å²) in [7, 11) is 0. The van der Waals surface area contributed by atoms with Gasteiger partial charge in [-0.25, -0.2) is 0 Å². The predicted octanol–water partition coefficient (Wildman–Crippen LogP) is 3.84. The third kappa shape index (κ3) is 3.44. The number of hydrogen-bond acceptors (Lipinski definition) is 4. The fraction of sp³-hybridized carbons (Fsp3) is 0.130. The van der Waals surface area contributed by atoms with Gasteiger partial charge < -0.3 is 14.8 Å². The first-order valence-electron chi connectivity index (χ1n) is 9.76. The number of hydrogen-bond donors (Lipinski definition) is 1. The fourth-order valence-electron chi connectivity index (χ4n) is 3.95. The highest BCUT2D eigenvalue weighted by Gasteiger charge is 2.41. The van der Waals surface area contributed by atoms with E-state index < -0.39 is 0 Å². The van der Waals surface area contributed by atoms with Crippen molar-refractivity contribution < 1.29 is 0 Å². The molecule has 5 rings (SSSR count). The van der Waals surface area contributed by atoms with Crippen molar-refractivity contribution in [3.8, 4) is 5.69 Å². The summed E-state index contributed by atoms with van der Waals surface area (Å²) in [6, 6.07) is 18.1. The van der Waals surface area contributed by atoms with E-state index in [2.05, 4.69) is 60.2 Å². The van der Waals surface area contributed by atoms with Crippen LogP contribution in [-0.2, 0) is 6.54 Å². The zero-order valence-electron chi connectivity index (χ0n) is 16.2. The Hall–Kier alpha value is -3.58. The van der Waals surface area contributed by atoms with Gasteiger partial charge in [-0.2, -0.15) is 0 Å². The molecule has 1 fully saturated rings. The largest absolute Gasteiger partial charge is 0.352 e. The van der Waals surface area contributed by atoms with Crippen LogP contribution in [0.15, 0.2) is 91.8 Å². The first kappa shape index (κ1) is 18.4. The van der Waals surface area contributed by atoms with E-state index in [1.54, 1.807) is 12.4 Å². The molecule has 1 saturated heterocycles. The van der Waals surface area contributed by atoms with E-state index in [0.717, 1.165) is 22.6 Å². The second-order valence-electron chi connectivity index (χ2n) is 7.13. The number of nitrogens with zero attached hydrogens (tertiary/aromatic N) is 5. The van der Waals surface area contributed by atoms with Crippen molar-refractivity contribution in [2.75, 3.05) is 0 Å². The minimum absolute atomic E-state index is 0.0391. The Bertz CT molecular complexity index is 1130. The molecular formula is C23H20N6S. The monoisotopic (exact) mass is 412 g/mol. The summed E-state index contributed by atoms with van der Waals surface area (Å²) in [6.45, 7) is 0.659. The van der Waals surface area contributed by atoms with Crippen LogP contribution in [0.1, 0.15) is 29.0 Å². The summed E-state index contributed by atoms with van der Waals surface area (Å²) < 4.78 is 2.17. The first-order valence-corrected chi connectivity index (χ1v) is 10.2. The molecule has 1 aliphatic rings. The molecule has 30 heavy (non-hydrogen) atoms. The Morgan fingerprint density at radius 2 is 1.77 bits per heavy atom. The molecule has 148 valence electrons. The lowest BCUT2D eigenvalue weighted by Crippen LogP contribution is -2.30. The standard InChI is InChI=1S/C23H20N6S/c30-23-27-21(19-8-1-2-12-26-19)22(29(23)16-17-6-3-10-24-14-17)20-9-5-13-28(20)18-7-4-11-25-15-18/h1-15,21-22H,16H2,(H,27,30)/t21-,22+/m0/s1. The molecule has 0 radical (unpaired) electrons. The molecule has 0 unspecified atom stereocenters. The van der Waals surface area contributed by atoms with E-state index in [9.17, 15) is 0 Å². The first-order chi connectivity index (χ1) is 14.8. The van der Waals surface area contributed by atoms with Gasteiger partial charge in [-0.1, -0.05) is 12.1 Å². The highest BCUT2D eigenvalue weighted by Crippen LogP contribution is 2.40. The average molecular weight is 413 g/mol. The van der Waals surface area contributed by atoms with Gasteiger partial charge in [0.1, 0.15) is 0 Å². The molecule has 0 aromatic carbocycles. The van der Waals surface area contributed by atoms with Crippen molar-refractivity contribution in [2.45, 2.75) is 18.6 Å². The van der Waals surface area contributed by atoms with E-state index in [4.69, 9.17) is 12.2 Å². The van der Waals surface area contributed by atoms with Crippen molar-refractivity contribution in [3.05, 3.63) is 109 Å². The van der Waals surface area contributed by atoms with Crippen LogP contribution in [0, 0.1) is 0 Å². The van der Waals surface area contributed by atoms with Gasteiger partial charge in [0, 0.05) is 43.2 Å². The summed E-state index contributed by atoms with van der Waals surface area (Å²) in [5, 5.41) is 4.21. The molecule has 0 saturated carbocycles. The van der Waals surface area contributed by atoms with E-state index in [1.165, 1.54) is 0 Å². The second-order valence-corrected chi connectivity index (χ2v) is 7.52. The molecule has 0 bridgehead atoms. The Morgan fingerprint density at radius 3 is 2.50 bits per heavy atom. The van der Waals surface area contributed by atoms with Gasteiger partial charge >= 0.3 is 0 Å². The average Bonchev–Trinajstić information content (AvgIpc) is 3.40. The van der Waals surface area contributed by atoms with Gasteiger partial charge in [0.25, 0.3) is 0 Å². The SMILES string of the molecule is S=C1N[C@@H](c2ccccn2)[C@@H](c2cccn2-c2cccnc2)N1Cc1cccnc1. The third-order valence-electron chi connectivity index (χ3n) is 5.28. The van der Waals surface area contributed by atoms with Crippen molar-refractivity contribution >= 4 is 17.3 Å². The maximum atomic E-state index is 5.77. The van der Waals surface area contributed by atoms with Crippen LogP contribution in [0.3, 0.4) is 0 Å². The van der Waals surface area contributed by atoms with Gasteiger partial charge in [-0.05, 0) is 60.2 Å². The van der Waals surface area contributed by atoms with E-state index in [-0.39, 0.29) is 12.1 Å². The van der Waals surface area contributed by atoms with Crippen LogP contribution in [0.5, 0.6) is 0 Å². The Kier molecular flexibility index (Phi) is 4.94. The molecule has 2 atom stereocenters. The molecule has 6 nitrogen and oxygen atoms in total. The molecule has 0 amide bonds. The quantitative estimate of drug-likeness (QED) is 0.503. The van der Waals surface area contributed by atoms with Crippen LogP contribution in [0.25, 0.3) is 5.69 Å². The maximum absolute atomic E-state index is 5.77. The smallest absolute Gasteiger partial charge is 0.170 e. The lowest BCUT2D eigenvalue weighted by molar-refractivity contribution is 0.302. The van der Waals surface area contributed by atoms with Gasteiger partial charge in [0.05, 0.1) is 29.7 Å². The number of pyridine rings is 3. The predicted molar refractivity (Wildman–Crippen MR) is 119 cm³/mol. The summed E-state index contributed by atoms with van der Waals surface area (Å²) in [6.07, 6.45) is 11.2. The summed E-state index contributed by atoms with van der Waals surface area (Å²) in [4.78, 5) is 15.4. The number of aromatic nitrogens is 4. The second kappa shape index (κ2) is 8.04. The Balaban J connectivity index is 1.60. The number of nitrogens with one attached hydrogen (secondary N) is 1. The third-order valence-corrected chi connectivity index (χ3v) is 5.63. The zero-order valence-corrected chi connectivity index (χ0v) is 17.0. The normalized spacial score (nSPS) is 18.4. The molecule has 0 aliphatic carbocycles. The van der Waals surface area contributed by atoms with E-state index >= 15 is 0 Å². The summed E-state index contributed by atoms with van der Waals surface area (Å²) in [5.41, 5.74) is 4.19. The molecular weight excluding hydrogens is 392 g/mol. The van der Waals surface area contributed by atoms with E-state index in [0.29, 0.717) is 11.7 Å². The van der Waals surface area contributed by atoms with Crippen LogP contribution < -0.4 is 5.32 Å². The summed E-state index contributed by atoms with van der Waals surface area (Å²) in [5.74, 6) is 0. The van der Waals surface area contributed by atoms with Crippen molar-refractivity contribution in [2.24, 2.45) is 0 Å². The zero-order chi connectivity index (χ0) is 20.3. The van der Waals surface area contributed by atoms with Crippen LogP contribution in [0.4, 0.5) is 0 Å². The van der Waals surface area contributed by atoms with Crippen molar-refractivity contribution in [1.82, 2.24) is 29.7 Å². The molecule has 0 spiro atoms. The Morgan fingerprint density at radius 1 is 0.900 bits per heavy atom. The van der Waals surface area contributed by atoms with Crippen LogP contribution >= 0.6 is 12.2 Å². The lowest BCUT2D eigenvalue weighted by atomic mass is 10.0. The lowest BCUT2D eigenvalue weighted by Gasteiger charge is -2.29. The van der Waals surface area contributed by atoms with Crippen molar-refractivity contribution in [1.29, 1.82) is 0 Å². The minimum atomic E-state index is -0.0688. The number of rotatable bonds is 5. The molecule has 5 heterocycles. The fourth-order valence-corrected chi connectivity index (χ4v) is 4.26. The van der Waals surface area contributed by atoms with Crippen LogP contribution in [0.2, 0.25) is 0 Å². The molecule has 4 aromatic heterocycles. The molecule has 1 N–H and O–H groups in total. The highest BCUT2D eigenvalue weighted by atomic mass is 32.1. The van der Waals surface area contributed by atoms with Gasteiger partial charge in [0.2, 0.25) is 0 Å². The number of thiocarbonyl (C=S) groups is 1. The molecule has 4 aromatic rings. The molecule has 1 aliphatic heterocycles. The van der Waals surface area contributed by atoms with Gasteiger partial charge in [-0.3, -0.25) is 15.0 Å². The van der Waals surface area contributed by atoms with Crippen LogP contribution in [-0.4, -0.2) is 29.5 Å². The van der Waals surface area contributed by atoms with Gasteiger partial charge in [-0.15, -0.1) is 0 Å². The summed E-state index contributed by atoms with van der Waals surface area (Å²) >= 11 is 5.77. The Labute approximate surface area is 180 Å².